The van der Waals surface area contributed by atoms with E-state index in [2.05, 4.69) is 90.3 Å². The average molecular weight is 503 g/mol. The van der Waals surface area contributed by atoms with Crippen molar-refractivity contribution in [2.45, 2.75) is 102 Å². The van der Waals surface area contributed by atoms with Crippen molar-refractivity contribution in [2.24, 2.45) is 0 Å². The number of halogens is 1. The van der Waals surface area contributed by atoms with Crippen LogP contribution < -0.4 is 0 Å². The Bertz CT molecular complexity index is 403. The third-order valence-corrected chi connectivity index (χ3v) is 15.9. The highest BCUT2D eigenvalue weighted by Gasteiger charge is 2.53. The molecule has 1 heterocycles. The molecule has 0 aromatic carbocycles. The molecule has 0 N–H and O–H groups in total. The van der Waals surface area contributed by atoms with Crippen molar-refractivity contribution in [3.05, 3.63) is 0 Å². The summed E-state index contributed by atoms with van der Waals surface area (Å²) < 4.78 is 26.2. The second kappa shape index (κ2) is 8.17. The quantitative estimate of drug-likeness (QED) is 0.270. The summed E-state index contributed by atoms with van der Waals surface area (Å²) in [7, 11) is -2.20. The SMILES string of the molecule is COC1O[C@H](CI)[C@H](O[Si](C)(C)C(C)(C)C)[C@H]1O[Si](C)(C)C(C)(C)C. The number of hydrogen-bond donors (Lipinski definition) is 0. The van der Waals surface area contributed by atoms with Gasteiger partial charge in [-0.05, 0) is 36.3 Å². The molecule has 25 heavy (non-hydrogen) atoms. The van der Waals surface area contributed by atoms with Crippen molar-refractivity contribution in [3.8, 4) is 0 Å². The normalized spacial score (nSPS) is 29.3. The lowest BCUT2D eigenvalue weighted by Gasteiger charge is -2.43. The van der Waals surface area contributed by atoms with E-state index in [0.29, 0.717) is 0 Å². The number of hydrogen-bond acceptors (Lipinski definition) is 4. The van der Waals surface area contributed by atoms with Gasteiger partial charge in [0.1, 0.15) is 12.2 Å². The number of alkyl halides is 1. The molecule has 0 aliphatic carbocycles. The molecule has 0 saturated carbocycles. The van der Waals surface area contributed by atoms with E-state index in [0.717, 1.165) is 4.43 Å². The fourth-order valence-corrected chi connectivity index (χ4v) is 5.61. The minimum absolute atomic E-state index is 0.00874. The van der Waals surface area contributed by atoms with Gasteiger partial charge in [0.15, 0.2) is 22.9 Å². The van der Waals surface area contributed by atoms with Crippen LogP contribution in [0.1, 0.15) is 41.5 Å². The van der Waals surface area contributed by atoms with Crippen LogP contribution in [0, 0.1) is 0 Å². The van der Waals surface area contributed by atoms with E-state index >= 15 is 0 Å². The van der Waals surface area contributed by atoms with E-state index in [-0.39, 0.29) is 34.7 Å². The van der Waals surface area contributed by atoms with Gasteiger partial charge in [-0.2, -0.15) is 0 Å². The van der Waals surface area contributed by atoms with Crippen molar-refractivity contribution in [1.82, 2.24) is 0 Å². The summed E-state index contributed by atoms with van der Waals surface area (Å²) in [5.41, 5.74) is 0. The van der Waals surface area contributed by atoms with Crippen LogP contribution >= 0.6 is 22.6 Å². The number of methoxy groups -OCH3 is 1. The largest absolute Gasteiger partial charge is 0.408 e. The van der Waals surface area contributed by atoms with Crippen molar-refractivity contribution >= 4 is 39.2 Å². The summed E-state index contributed by atoms with van der Waals surface area (Å²) in [6.07, 6.45) is -0.588. The van der Waals surface area contributed by atoms with Crippen LogP contribution in [0.5, 0.6) is 0 Å². The van der Waals surface area contributed by atoms with Crippen LogP contribution in [-0.4, -0.2) is 52.8 Å². The van der Waals surface area contributed by atoms with Crippen molar-refractivity contribution in [2.75, 3.05) is 11.5 Å². The van der Waals surface area contributed by atoms with E-state index in [1.54, 1.807) is 7.11 Å². The lowest BCUT2D eigenvalue weighted by atomic mass is 10.2. The first-order valence-electron chi connectivity index (χ1n) is 9.17. The molecule has 7 heteroatoms. The van der Waals surface area contributed by atoms with Gasteiger partial charge in [0.05, 0.1) is 6.10 Å². The molecule has 1 aliphatic rings. The topological polar surface area (TPSA) is 36.9 Å². The molecule has 0 radical (unpaired) electrons. The molecule has 4 atom stereocenters. The van der Waals surface area contributed by atoms with Gasteiger partial charge in [0, 0.05) is 11.5 Å². The molecule has 4 nitrogen and oxygen atoms in total. The molecule has 0 aromatic rings. The van der Waals surface area contributed by atoms with E-state index in [9.17, 15) is 0 Å². The fraction of sp³-hybridized carbons (Fsp3) is 1.00. The molecule has 0 spiro atoms. The lowest BCUT2D eigenvalue weighted by Crippen LogP contribution is -2.54. The third kappa shape index (κ3) is 5.51. The third-order valence-electron chi connectivity index (χ3n) is 6.13. The highest BCUT2D eigenvalue weighted by molar-refractivity contribution is 14.1. The monoisotopic (exact) mass is 502 g/mol. The van der Waals surface area contributed by atoms with Crippen LogP contribution in [0.25, 0.3) is 0 Å². The maximum atomic E-state index is 6.80. The van der Waals surface area contributed by atoms with Gasteiger partial charge in [-0.25, -0.2) is 0 Å². The Morgan fingerprint density at radius 3 is 1.56 bits per heavy atom. The summed E-state index contributed by atoms with van der Waals surface area (Å²) in [4.78, 5) is 0. The molecule has 1 saturated heterocycles. The maximum absolute atomic E-state index is 6.80. The molecule has 0 aromatic heterocycles. The molecule has 1 fully saturated rings. The summed E-state index contributed by atoms with van der Waals surface area (Å²) in [6.45, 7) is 22.7. The van der Waals surface area contributed by atoms with Crippen molar-refractivity contribution in [3.63, 3.8) is 0 Å². The molecule has 0 amide bonds. The maximum Gasteiger partial charge on any atom is 0.192 e. The highest BCUT2D eigenvalue weighted by Crippen LogP contribution is 2.43. The van der Waals surface area contributed by atoms with Gasteiger partial charge >= 0.3 is 0 Å². The predicted octanol–water partition coefficient (Wildman–Crippen LogP) is 5.57. The highest BCUT2D eigenvalue weighted by atomic mass is 127. The van der Waals surface area contributed by atoms with Crippen molar-refractivity contribution in [1.29, 1.82) is 0 Å². The summed E-state index contributed by atoms with van der Waals surface area (Å²) in [5.74, 6) is 0. The van der Waals surface area contributed by atoms with Crippen LogP contribution in [0.2, 0.25) is 36.3 Å². The van der Waals surface area contributed by atoms with Gasteiger partial charge in [0.2, 0.25) is 0 Å². The Kier molecular flexibility index (Phi) is 7.85. The minimum Gasteiger partial charge on any atom is -0.408 e. The lowest BCUT2D eigenvalue weighted by molar-refractivity contribution is -0.141. The fourth-order valence-electron chi connectivity index (χ4n) is 2.31. The molecule has 1 unspecified atom stereocenters. The minimum atomic E-state index is -1.96. The molecule has 150 valence electrons. The number of ether oxygens (including phenoxy) is 2. The Balaban J connectivity index is 3.15. The number of rotatable bonds is 6. The van der Waals surface area contributed by atoms with Crippen molar-refractivity contribution < 1.29 is 18.3 Å². The zero-order valence-corrected chi connectivity index (χ0v) is 22.2. The summed E-state index contributed by atoms with van der Waals surface area (Å²) >= 11 is 2.38. The van der Waals surface area contributed by atoms with E-state index < -0.39 is 16.6 Å². The Hall–Kier alpha value is 1.00. The molecule has 1 rings (SSSR count). The Labute approximate surface area is 171 Å². The van der Waals surface area contributed by atoms with Crippen LogP contribution in [0.15, 0.2) is 0 Å². The molecular weight excluding hydrogens is 463 g/mol. The van der Waals surface area contributed by atoms with Gasteiger partial charge in [0.25, 0.3) is 0 Å². The van der Waals surface area contributed by atoms with E-state index in [1.165, 1.54) is 0 Å². The smallest absolute Gasteiger partial charge is 0.192 e. The molecular formula is C18H39IO4Si2. The van der Waals surface area contributed by atoms with Crippen LogP contribution in [-0.2, 0) is 18.3 Å². The van der Waals surface area contributed by atoms with E-state index in [4.69, 9.17) is 18.3 Å². The second-order valence-corrected chi connectivity index (χ2v) is 20.5. The standard InChI is InChI=1S/C18H39IO4Si2/c1-17(2,3)24(8,9)22-14-13(12-19)21-16(20-7)15(14)23-25(10,11)18(4,5)6/h13-16H,12H2,1-11H3/t13-,14+,15-,16?/m1/s1. The first-order chi connectivity index (χ1) is 11.1. The van der Waals surface area contributed by atoms with Crippen LogP contribution in [0.3, 0.4) is 0 Å². The summed E-state index contributed by atoms with van der Waals surface area (Å²) in [6, 6.07) is 0. The second-order valence-electron chi connectivity index (χ2n) is 10.1. The van der Waals surface area contributed by atoms with Gasteiger partial charge in [-0.1, -0.05) is 64.1 Å². The van der Waals surface area contributed by atoms with Gasteiger partial charge in [-0.3, -0.25) is 0 Å². The van der Waals surface area contributed by atoms with Crippen LogP contribution in [0.4, 0.5) is 0 Å². The zero-order chi connectivity index (χ0) is 19.8. The van der Waals surface area contributed by atoms with Gasteiger partial charge < -0.3 is 18.3 Å². The Morgan fingerprint density at radius 1 is 0.840 bits per heavy atom. The average Bonchev–Trinajstić information content (AvgIpc) is 2.72. The predicted molar refractivity (Wildman–Crippen MR) is 119 cm³/mol. The van der Waals surface area contributed by atoms with Gasteiger partial charge in [-0.15, -0.1) is 0 Å². The van der Waals surface area contributed by atoms with E-state index in [1.807, 2.05) is 0 Å². The molecule has 1 aliphatic heterocycles. The first kappa shape index (κ1) is 24.0. The Morgan fingerprint density at radius 2 is 1.24 bits per heavy atom. The summed E-state index contributed by atoms with van der Waals surface area (Å²) in [5, 5.41) is 0.282. The molecule has 0 bridgehead atoms. The first-order valence-corrected chi connectivity index (χ1v) is 16.5. The zero-order valence-electron chi connectivity index (χ0n) is 18.0.